The summed E-state index contributed by atoms with van der Waals surface area (Å²) in [6, 6.07) is 1.91. The number of amides is 2. The number of rotatable bonds is 6. The molecule has 0 saturated carbocycles. The lowest BCUT2D eigenvalue weighted by Gasteiger charge is -2.14. The zero-order valence-electron chi connectivity index (χ0n) is 16.2. The largest absolute Gasteiger partial charge is 0.495 e. The molecule has 0 fully saturated rings. The van der Waals surface area contributed by atoms with E-state index in [2.05, 4.69) is 17.3 Å². The van der Waals surface area contributed by atoms with Gasteiger partial charge in [0.1, 0.15) is 11.5 Å². The van der Waals surface area contributed by atoms with Gasteiger partial charge in [-0.3, -0.25) is 10.7 Å². The molecular formula is C21H28N4O3. The van der Waals surface area contributed by atoms with Gasteiger partial charge >= 0.3 is 6.03 Å². The molecule has 0 bridgehead atoms. The number of anilines is 1. The molecule has 7 heteroatoms. The van der Waals surface area contributed by atoms with Crippen LogP contribution in [0.4, 0.5) is 10.5 Å². The average Bonchev–Trinajstić information content (AvgIpc) is 3.32. The van der Waals surface area contributed by atoms with Gasteiger partial charge in [0.15, 0.2) is 0 Å². The van der Waals surface area contributed by atoms with Crippen molar-refractivity contribution < 1.29 is 14.7 Å². The fourth-order valence-electron chi connectivity index (χ4n) is 3.64. The van der Waals surface area contributed by atoms with Crippen molar-refractivity contribution in [3.05, 3.63) is 39.8 Å². The molecule has 0 aromatic heterocycles. The summed E-state index contributed by atoms with van der Waals surface area (Å²) < 4.78 is 5.09. The van der Waals surface area contributed by atoms with Crippen LogP contribution < -0.4 is 16.5 Å². The van der Waals surface area contributed by atoms with Crippen molar-refractivity contribution in [1.29, 1.82) is 5.41 Å². The van der Waals surface area contributed by atoms with E-state index in [1.807, 2.05) is 5.48 Å². The van der Waals surface area contributed by atoms with E-state index in [1.165, 1.54) is 35.1 Å². The summed E-state index contributed by atoms with van der Waals surface area (Å²) in [7, 11) is 0. The summed E-state index contributed by atoms with van der Waals surface area (Å²) in [6.07, 6.45) is 13.3. The Labute approximate surface area is 165 Å². The van der Waals surface area contributed by atoms with Gasteiger partial charge in [0.05, 0.1) is 6.61 Å². The number of aryl methyl sites for hydroxylation is 2. The Morgan fingerprint density at radius 2 is 1.93 bits per heavy atom. The number of fused-ring (bicyclic) bond motifs is 2. The zero-order chi connectivity index (χ0) is 20.5. The van der Waals surface area contributed by atoms with Crippen molar-refractivity contribution >= 4 is 17.9 Å². The number of nitrogens with one attached hydrogen (secondary N) is 3. The molecule has 0 saturated heterocycles. The van der Waals surface area contributed by atoms with Crippen LogP contribution in [-0.4, -0.2) is 24.1 Å². The summed E-state index contributed by atoms with van der Waals surface area (Å²) in [4.78, 5) is 11.1. The molecule has 1 aromatic carbocycles. The Morgan fingerprint density at radius 3 is 2.39 bits per heavy atom. The maximum absolute atomic E-state index is 11.1. The van der Waals surface area contributed by atoms with Crippen LogP contribution in [0, 0.1) is 17.8 Å². The molecule has 0 radical (unpaired) electrons. The molecule has 0 spiro atoms. The number of carbonyl (C=O) groups excluding carboxylic acids is 1. The number of urea groups is 1. The Bertz CT molecular complexity index is 777. The fourth-order valence-corrected chi connectivity index (χ4v) is 3.64. The van der Waals surface area contributed by atoms with Crippen LogP contribution in [0.1, 0.15) is 48.4 Å². The predicted octanol–water partition coefficient (Wildman–Crippen LogP) is 3.04. The van der Waals surface area contributed by atoms with Crippen LogP contribution in [0.15, 0.2) is 17.5 Å². The first-order valence-corrected chi connectivity index (χ1v) is 9.42. The van der Waals surface area contributed by atoms with Crippen LogP contribution in [0.2, 0.25) is 0 Å². The summed E-state index contributed by atoms with van der Waals surface area (Å²) in [6.45, 7) is 2.03. The third-order valence-corrected chi connectivity index (χ3v) is 4.93. The number of primary amides is 1. The first-order valence-electron chi connectivity index (χ1n) is 9.42. The summed E-state index contributed by atoms with van der Waals surface area (Å²) >= 11 is 0. The van der Waals surface area contributed by atoms with E-state index >= 15 is 0 Å². The Balaban J connectivity index is 0.000000211. The third-order valence-electron chi connectivity index (χ3n) is 4.93. The number of hydroxylamine groups is 1. The number of hydrogen-bond donors (Lipinski definition) is 5. The number of ether oxygens (including phenoxy) is 1. The van der Waals surface area contributed by atoms with E-state index in [4.69, 9.17) is 27.5 Å². The average molecular weight is 384 g/mol. The fraction of sp³-hybridized carbons (Fsp3) is 0.429. The minimum atomic E-state index is -0.436. The van der Waals surface area contributed by atoms with Gasteiger partial charge in [0, 0.05) is 18.3 Å². The van der Waals surface area contributed by atoms with Crippen LogP contribution in [0.3, 0.4) is 0 Å². The summed E-state index contributed by atoms with van der Waals surface area (Å²) in [5.41, 5.74) is 13.9. The van der Waals surface area contributed by atoms with E-state index in [-0.39, 0.29) is 5.70 Å². The Hall–Kier alpha value is -2.98. The number of allylic oxidation sites excluding steroid dienone is 2. The molecule has 1 aromatic rings. The molecule has 2 aliphatic rings. The predicted molar refractivity (Wildman–Crippen MR) is 110 cm³/mol. The highest BCUT2D eigenvalue weighted by molar-refractivity contribution is 5.90. The smallest absolute Gasteiger partial charge is 0.316 e. The quantitative estimate of drug-likeness (QED) is 0.170. The van der Waals surface area contributed by atoms with Gasteiger partial charge in [0.2, 0.25) is 0 Å². The number of benzene rings is 1. The minimum absolute atomic E-state index is 0.229. The van der Waals surface area contributed by atoms with Gasteiger partial charge in [-0.2, -0.15) is 0 Å². The summed E-state index contributed by atoms with van der Waals surface area (Å²) in [5.74, 6) is 2.86. The highest BCUT2D eigenvalue weighted by Gasteiger charge is 2.24. The van der Waals surface area contributed by atoms with E-state index < -0.39 is 6.03 Å². The van der Waals surface area contributed by atoms with Crippen LogP contribution in [0.5, 0.6) is 0 Å². The van der Waals surface area contributed by atoms with Crippen LogP contribution in [0.25, 0.3) is 0 Å². The molecule has 2 amide bonds. The van der Waals surface area contributed by atoms with Gasteiger partial charge in [-0.1, -0.05) is 6.07 Å². The van der Waals surface area contributed by atoms with Crippen molar-refractivity contribution in [2.24, 2.45) is 5.73 Å². The van der Waals surface area contributed by atoms with Crippen molar-refractivity contribution in [3.8, 4) is 12.3 Å². The zero-order valence-corrected chi connectivity index (χ0v) is 16.2. The first kappa shape index (κ1) is 21.3. The van der Waals surface area contributed by atoms with E-state index in [9.17, 15) is 4.79 Å². The number of nitrogens with two attached hydrogens (primary N) is 1. The highest BCUT2D eigenvalue weighted by Crippen LogP contribution is 2.38. The molecule has 0 unspecified atom stereocenters. The monoisotopic (exact) mass is 384 g/mol. The second-order valence-electron chi connectivity index (χ2n) is 6.75. The first-order chi connectivity index (χ1) is 13.5. The molecule has 28 heavy (non-hydrogen) atoms. The maximum atomic E-state index is 11.1. The SMILES string of the molecule is C#CCCO/C(C)=C(/C=N)NO.NC(=O)Nc1c2c(cc3c1CCC3)CCC2. The lowest BCUT2D eigenvalue weighted by molar-refractivity contribution is 0.178. The number of hydrogen-bond acceptors (Lipinski definition) is 5. The van der Waals surface area contributed by atoms with Gasteiger partial charge < -0.3 is 21.2 Å². The topological polar surface area (TPSA) is 120 Å². The second-order valence-corrected chi connectivity index (χ2v) is 6.75. The third kappa shape index (κ3) is 5.27. The standard InChI is InChI=1S/C13H16N2O.C8H12N2O2/c14-13(16)15-12-10-5-1-3-8(10)7-9-4-2-6-11(9)12;1-3-4-5-12-7(2)8(6-9)10-11/h7H,1-6H2,(H3,14,15,16);1,6,9-11H,4-5H2,2H3/b;8-7-,9-6?. The van der Waals surface area contributed by atoms with Crippen molar-refractivity contribution in [1.82, 2.24) is 5.48 Å². The van der Waals surface area contributed by atoms with Crippen LogP contribution >= 0.6 is 0 Å². The van der Waals surface area contributed by atoms with E-state index in [1.54, 1.807) is 6.92 Å². The molecule has 0 heterocycles. The molecular weight excluding hydrogens is 356 g/mol. The molecule has 0 atom stereocenters. The van der Waals surface area contributed by atoms with Gasteiger partial charge in [0.25, 0.3) is 0 Å². The van der Waals surface area contributed by atoms with Gasteiger partial charge in [-0.15, -0.1) is 12.3 Å². The number of carbonyl (C=O) groups is 1. The molecule has 0 aliphatic heterocycles. The number of terminal acetylenes is 1. The second kappa shape index (κ2) is 10.4. The van der Waals surface area contributed by atoms with Crippen molar-refractivity contribution in [3.63, 3.8) is 0 Å². The maximum Gasteiger partial charge on any atom is 0.316 e. The van der Waals surface area contributed by atoms with Gasteiger partial charge in [-0.25, -0.2) is 4.79 Å². The molecule has 3 rings (SSSR count). The lowest BCUT2D eigenvalue weighted by atomic mass is 9.99. The van der Waals surface area contributed by atoms with E-state index in [0.29, 0.717) is 18.8 Å². The van der Waals surface area contributed by atoms with Crippen molar-refractivity contribution in [2.75, 3.05) is 11.9 Å². The van der Waals surface area contributed by atoms with Gasteiger partial charge in [-0.05, 0) is 67.7 Å². The Morgan fingerprint density at radius 1 is 1.32 bits per heavy atom. The molecule has 150 valence electrons. The molecule has 6 N–H and O–H groups in total. The normalized spacial score (nSPS) is 14.5. The minimum Gasteiger partial charge on any atom is -0.495 e. The summed E-state index contributed by atoms with van der Waals surface area (Å²) in [5, 5.41) is 18.2. The molecule has 7 nitrogen and oxygen atoms in total. The lowest BCUT2D eigenvalue weighted by Crippen LogP contribution is -2.21. The molecule has 2 aliphatic carbocycles. The Kier molecular flexibility index (Phi) is 7.90. The van der Waals surface area contributed by atoms with Crippen molar-refractivity contribution in [2.45, 2.75) is 51.9 Å². The van der Waals surface area contributed by atoms with Crippen LogP contribution in [-0.2, 0) is 30.4 Å². The highest BCUT2D eigenvalue weighted by atomic mass is 16.5. The van der Waals surface area contributed by atoms with E-state index in [0.717, 1.165) is 37.6 Å².